The van der Waals surface area contributed by atoms with E-state index in [1.165, 1.54) is 18.5 Å². The molecule has 0 spiro atoms. The summed E-state index contributed by atoms with van der Waals surface area (Å²) in [5.41, 5.74) is 3.60. The maximum atomic E-state index is 12.7. The summed E-state index contributed by atoms with van der Waals surface area (Å²) in [5.74, 6) is 0. The third kappa shape index (κ3) is 3.79. The Bertz CT molecular complexity index is 1420. The molecule has 3 aromatic heterocycles. The second-order valence-electron chi connectivity index (χ2n) is 7.65. The molecule has 1 aliphatic rings. The number of aromatic amines is 1. The maximum Gasteiger partial charge on any atom is 0.240 e. The van der Waals surface area contributed by atoms with Crippen LogP contribution in [0.25, 0.3) is 22.3 Å². The van der Waals surface area contributed by atoms with Gasteiger partial charge in [-0.3, -0.25) is 0 Å². The van der Waals surface area contributed by atoms with Gasteiger partial charge >= 0.3 is 0 Å². The highest BCUT2D eigenvalue weighted by Crippen LogP contribution is 2.35. The molecule has 5 rings (SSSR count). The zero-order chi connectivity index (χ0) is 22.1. The molecule has 1 aliphatic carbocycles. The fourth-order valence-electron chi connectivity index (χ4n) is 3.86. The van der Waals surface area contributed by atoms with Crippen LogP contribution in [0.3, 0.4) is 0 Å². The monoisotopic (exact) mass is 445 g/mol. The molecule has 1 fully saturated rings. The SMILES string of the molecule is N#Cc1cccc(S(=O)(=O)N[C@H]2C[C@@H](Nc3c(-c4ccncn4)cnc4[nH]ccc34)C2)c1. The molecule has 0 saturated heterocycles. The van der Waals surface area contributed by atoms with Gasteiger partial charge in [0.15, 0.2) is 0 Å². The molecule has 1 saturated carbocycles. The fourth-order valence-corrected chi connectivity index (χ4v) is 5.17. The quantitative estimate of drug-likeness (QED) is 0.415. The first kappa shape index (κ1) is 20.1. The largest absolute Gasteiger partial charge is 0.381 e. The number of H-pyrrole nitrogens is 1. The van der Waals surface area contributed by atoms with Gasteiger partial charge in [0, 0.05) is 41.6 Å². The van der Waals surface area contributed by atoms with Gasteiger partial charge in [-0.1, -0.05) is 6.07 Å². The van der Waals surface area contributed by atoms with Crippen LogP contribution in [0.15, 0.2) is 66.2 Å². The number of nitrogens with zero attached hydrogens (tertiary/aromatic N) is 4. The molecule has 0 bridgehead atoms. The average molecular weight is 446 g/mol. The first-order valence-electron chi connectivity index (χ1n) is 10.0. The fraction of sp³-hybridized carbons (Fsp3) is 0.182. The molecule has 4 aromatic rings. The van der Waals surface area contributed by atoms with Gasteiger partial charge in [-0.05, 0) is 43.2 Å². The van der Waals surface area contributed by atoms with Gasteiger partial charge < -0.3 is 10.3 Å². The number of aromatic nitrogens is 4. The predicted molar refractivity (Wildman–Crippen MR) is 119 cm³/mol. The van der Waals surface area contributed by atoms with Crippen LogP contribution in [0, 0.1) is 11.3 Å². The Balaban J connectivity index is 1.32. The Kier molecular flexibility index (Phi) is 5.05. The van der Waals surface area contributed by atoms with Gasteiger partial charge in [0.05, 0.1) is 27.9 Å². The van der Waals surface area contributed by atoms with Gasteiger partial charge in [0.2, 0.25) is 10.0 Å². The highest BCUT2D eigenvalue weighted by atomic mass is 32.2. The molecule has 0 unspecified atom stereocenters. The summed E-state index contributed by atoms with van der Waals surface area (Å²) in [6.07, 6.45) is 8.05. The van der Waals surface area contributed by atoms with E-state index < -0.39 is 10.0 Å². The van der Waals surface area contributed by atoms with Crippen molar-refractivity contribution in [2.75, 3.05) is 5.32 Å². The van der Waals surface area contributed by atoms with Gasteiger partial charge in [-0.15, -0.1) is 0 Å². The summed E-state index contributed by atoms with van der Waals surface area (Å²) in [5, 5.41) is 13.5. The van der Waals surface area contributed by atoms with Crippen molar-refractivity contribution in [1.29, 1.82) is 5.26 Å². The van der Waals surface area contributed by atoms with Crippen LogP contribution in [0.4, 0.5) is 5.69 Å². The number of hydrogen-bond donors (Lipinski definition) is 3. The third-order valence-corrected chi connectivity index (χ3v) is 7.04. The first-order chi connectivity index (χ1) is 15.5. The summed E-state index contributed by atoms with van der Waals surface area (Å²) < 4.78 is 28.1. The Morgan fingerprint density at radius 2 is 2.00 bits per heavy atom. The standard InChI is InChI=1S/C22H19N7O2S/c23-11-14-2-1-3-17(8-14)32(30,31)29-16-9-15(10-16)28-21-18-4-7-25-22(18)26-12-19(21)20-5-6-24-13-27-20/h1-8,12-13,15-16,29H,9-10H2,(H2,25,26,28)/t15-,16+. The number of hydrogen-bond acceptors (Lipinski definition) is 7. The second-order valence-corrected chi connectivity index (χ2v) is 9.37. The predicted octanol–water partition coefficient (Wildman–Crippen LogP) is 2.81. The first-order valence-corrected chi connectivity index (χ1v) is 11.5. The van der Waals surface area contributed by atoms with E-state index in [1.807, 2.05) is 24.4 Å². The van der Waals surface area contributed by atoms with Crippen LogP contribution in [0.1, 0.15) is 18.4 Å². The smallest absolute Gasteiger partial charge is 0.240 e. The normalized spacial score (nSPS) is 18.1. The van der Waals surface area contributed by atoms with Crippen LogP contribution < -0.4 is 10.0 Å². The second kappa shape index (κ2) is 8.03. The molecule has 0 amide bonds. The van der Waals surface area contributed by atoms with Crippen molar-refractivity contribution in [3.63, 3.8) is 0 Å². The highest BCUT2D eigenvalue weighted by molar-refractivity contribution is 7.89. The lowest BCUT2D eigenvalue weighted by atomic mass is 9.87. The van der Waals surface area contributed by atoms with Crippen molar-refractivity contribution in [1.82, 2.24) is 24.7 Å². The van der Waals surface area contributed by atoms with E-state index >= 15 is 0 Å². The summed E-state index contributed by atoms with van der Waals surface area (Å²) >= 11 is 0. The number of pyridine rings is 1. The third-order valence-electron chi connectivity index (χ3n) is 5.53. The van der Waals surface area contributed by atoms with Gasteiger partial charge in [-0.25, -0.2) is 28.1 Å². The molecule has 160 valence electrons. The Morgan fingerprint density at radius 3 is 2.78 bits per heavy atom. The van der Waals surface area contributed by atoms with Crippen molar-refractivity contribution < 1.29 is 8.42 Å². The van der Waals surface area contributed by atoms with Crippen LogP contribution in [-0.2, 0) is 10.0 Å². The number of fused-ring (bicyclic) bond motifs is 1. The number of nitrogens with one attached hydrogen (secondary N) is 3. The van der Waals surface area contributed by atoms with Gasteiger partial charge in [-0.2, -0.15) is 5.26 Å². The molecule has 0 atom stereocenters. The summed E-state index contributed by atoms with van der Waals surface area (Å²) in [6, 6.07) is 11.7. The molecule has 0 aliphatic heterocycles. The van der Waals surface area contributed by atoms with Crippen molar-refractivity contribution in [3.8, 4) is 17.3 Å². The maximum absolute atomic E-state index is 12.7. The van der Waals surface area contributed by atoms with Crippen LogP contribution in [0.5, 0.6) is 0 Å². The van der Waals surface area contributed by atoms with Crippen molar-refractivity contribution >= 4 is 26.7 Å². The minimum Gasteiger partial charge on any atom is -0.381 e. The van der Waals surface area contributed by atoms with Crippen LogP contribution in [-0.4, -0.2) is 40.4 Å². The Hall–Kier alpha value is -3.81. The summed E-state index contributed by atoms with van der Waals surface area (Å²) in [4.78, 5) is 16.0. The van der Waals surface area contributed by atoms with E-state index in [-0.39, 0.29) is 17.0 Å². The summed E-state index contributed by atoms with van der Waals surface area (Å²) in [7, 11) is -3.69. The number of nitriles is 1. The van der Waals surface area contributed by atoms with Crippen molar-refractivity contribution in [3.05, 3.63) is 66.9 Å². The molecule has 32 heavy (non-hydrogen) atoms. The molecule has 1 aromatic carbocycles. The minimum absolute atomic E-state index is 0.0919. The van der Waals surface area contributed by atoms with Crippen molar-refractivity contribution in [2.24, 2.45) is 0 Å². The van der Waals surface area contributed by atoms with Gasteiger partial charge in [0.25, 0.3) is 0 Å². The van der Waals surface area contributed by atoms with Crippen molar-refractivity contribution in [2.45, 2.75) is 29.8 Å². The zero-order valence-corrected chi connectivity index (χ0v) is 17.7. The number of benzene rings is 1. The molecule has 3 N–H and O–H groups in total. The minimum atomic E-state index is -3.69. The van der Waals surface area contributed by atoms with E-state index in [2.05, 4.69) is 30.0 Å². The van der Waals surface area contributed by atoms with Crippen LogP contribution in [0.2, 0.25) is 0 Å². The number of anilines is 1. The molecular weight excluding hydrogens is 426 g/mol. The van der Waals surface area contributed by atoms with Crippen LogP contribution >= 0.6 is 0 Å². The molecule has 10 heteroatoms. The van der Waals surface area contributed by atoms with E-state index in [0.29, 0.717) is 18.4 Å². The lowest BCUT2D eigenvalue weighted by Crippen LogP contribution is -2.49. The van der Waals surface area contributed by atoms with Gasteiger partial charge in [0.1, 0.15) is 12.0 Å². The molecular formula is C22H19N7O2S. The summed E-state index contributed by atoms with van der Waals surface area (Å²) in [6.45, 7) is 0. The number of rotatable bonds is 6. The van der Waals surface area contributed by atoms with E-state index in [4.69, 9.17) is 5.26 Å². The molecule has 0 radical (unpaired) electrons. The Morgan fingerprint density at radius 1 is 1.12 bits per heavy atom. The lowest BCUT2D eigenvalue weighted by Gasteiger charge is -2.37. The topological polar surface area (TPSA) is 136 Å². The zero-order valence-electron chi connectivity index (χ0n) is 16.9. The van der Waals surface area contributed by atoms with E-state index in [9.17, 15) is 8.42 Å². The molecule has 3 heterocycles. The number of sulfonamides is 1. The lowest BCUT2D eigenvalue weighted by molar-refractivity contribution is 0.346. The average Bonchev–Trinajstić information content (AvgIpc) is 3.27. The highest BCUT2D eigenvalue weighted by Gasteiger charge is 2.33. The van der Waals surface area contributed by atoms with E-state index in [1.54, 1.807) is 24.5 Å². The Labute approximate surface area is 184 Å². The van der Waals surface area contributed by atoms with E-state index in [0.717, 1.165) is 28.0 Å². The molecule has 9 nitrogen and oxygen atoms in total.